The van der Waals surface area contributed by atoms with Crippen molar-refractivity contribution in [1.82, 2.24) is 15.0 Å². The Morgan fingerprint density at radius 1 is 1.11 bits per heavy atom. The zero-order chi connectivity index (χ0) is 19.1. The summed E-state index contributed by atoms with van der Waals surface area (Å²) in [5.41, 5.74) is 3.19. The molecule has 3 aliphatic rings. The minimum atomic E-state index is -0.0343. The van der Waals surface area contributed by atoms with Gasteiger partial charge in [-0.2, -0.15) is 0 Å². The molecule has 0 bridgehead atoms. The lowest BCUT2D eigenvalue weighted by Crippen LogP contribution is -2.52. The summed E-state index contributed by atoms with van der Waals surface area (Å²) in [6.45, 7) is 5.78. The summed E-state index contributed by atoms with van der Waals surface area (Å²) in [6, 6.07) is 6.69. The summed E-state index contributed by atoms with van der Waals surface area (Å²) in [5, 5.41) is 4.15. The maximum atomic E-state index is 13.1. The fourth-order valence-electron chi connectivity index (χ4n) is 4.81. The van der Waals surface area contributed by atoms with Gasteiger partial charge in [-0.15, -0.1) is 0 Å². The van der Waals surface area contributed by atoms with Gasteiger partial charge in [-0.1, -0.05) is 36.0 Å². The fraction of sp³-hybridized carbons (Fsp3) is 0.545. The van der Waals surface area contributed by atoms with E-state index in [1.807, 2.05) is 30.0 Å². The number of amides is 1. The highest BCUT2D eigenvalue weighted by Crippen LogP contribution is 2.39. The summed E-state index contributed by atoms with van der Waals surface area (Å²) < 4.78 is 11.5. The average molecular weight is 381 g/mol. The van der Waals surface area contributed by atoms with Crippen molar-refractivity contribution in [2.24, 2.45) is 0 Å². The van der Waals surface area contributed by atoms with Crippen LogP contribution in [0.1, 0.15) is 53.7 Å². The molecular weight excluding hydrogens is 354 g/mol. The van der Waals surface area contributed by atoms with Crippen LogP contribution in [-0.2, 0) is 6.61 Å². The molecule has 2 fully saturated rings. The maximum Gasteiger partial charge on any atom is 0.276 e. The number of nitrogens with zero attached hydrogens (tertiary/aromatic N) is 3. The molecule has 1 aromatic carbocycles. The van der Waals surface area contributed by atoms with Crippen LogP contribution in [0.4, 0.5) is 0 Å². The van der Waals surface area contributed by atoms with Gasteiger partial charge in [0, 0.05) is 32.2 Å². The number of benzene rings is 1. The highest BCUT2D eigenvalue weighted by atomic mass is 16.5. The molecule has 0 atom stereocenters. The van der Waals surface area contributed by atoms with E-state index in [4.69, 9.17) is 9.26 Å². The minimum Gasteiger partial charge on any atom is -0.488 e. The van der Waals surface area contributed by atoms with Crippen molar-refractivity contribution >= 4 is 5.91 Å². The van der Waals surface area contributed by atoms with Crippen molar-refractivity contribution in [3.8, 4) is 17.1 Å². The molecule has 0 unspecified atom stereocenters. The lowest BCUT2D eigenvalue weighted by atomic mass is 9.94. The SMILES string of the molecule is Cc1ccc2c(c1)-c1onc(C(=O)N3CCN(C4CCCCC4)CC3)c1CO2. The number of fused-ring (bicyclic) bond motifs is 3. The van der Waals surface area contributed by atoms with Gasteiger partial charge in [0.15, 0.2) is 11.5 Å². The Balaban J connectivity index is 1.31. The highest BCUT2D eigenvalue weighted by Gasteiger charge is 2.33. The first-order valence-electron chi connectivity index (χ1n) is 10.5. The van der Waals surface area contributed by atoms with E-state index in [1.165, 1.54) is 32.1 Å². The van der Waals surface area contributed by atoms with E-state index in [9.17, 15) is 4.79 Å². The topological polar surface area (TPSA) is 58.8 Å². The highest BCUT2D eigenvalue weighted by molar-refractivity contribution is 5.95. The van der Waals surface area contributed by atoms with Crippen molar-refractivity contribution in [2.45, 2.75) is 51.7 Å². The number of hydrogen-bond acceptors (Lipinski definition) is 5. The van der Waals surface area contributed by atoms with Gasteiger partial charge in [0.05, 0.1) is 11.1 Å². The molecule has 6 nitrogen and oxygen atoms in total. The van der Waals surface area contributed by atoms with E-state index in [-0.39, 0.29) is 5.91 Å². The number of ether oxygens (including phenoxy) is 1. The van der Waals surface area contributed by atoms with Gasteiger partial charge in [0.25, 0.3) is 5.91 Å². The van der Waals surface area contributed by atoms with Crippen molar-refractivity contribution in [3.63, 3.8) is 0 Å². The molecular formula is C22H27N3O3. The van der Waals surface area contributed by atoms with E-state index in [0.717, 1.165) is 48.6 Å². The van der Waals surface area contributed by atoms with Gasteiger partial charge in [0.1, 0.15) is 12.4 Å². The van der Waals surface area contributed by atoms with E-state index in [2.05, 4.69) is 10.1 Å². The Hall–Kier alpha value is -2.34. The van der Waals surface area contributed by atoms with Crippen LogP contribution < -0.4 is 4.74 Å². The predicted octanol–water partition coefficient (Wildman–Crippen LogP) is 3.63. The van der Waals surface area contributed by atoms with Crippen LogP contribution in [0.3, 0.4) is 0 Å². The predicted molar refractivity (Wildman–Crippen MR) is 105 cm³/mol. The number of aromatic nitrogens is 1. The quantitative estimate of drug-likeness (QED) is 0.795. The standard InChI is InChI=1S/C22H27N3O3/c1-15-7-8-19-17(13-15)21-18(14-27-19)20(23-28-21)22(26)25-11-9-24(10-12-25)16-5-3-2-4-6-16/h7-8,13,16H,2-6,9-12,14H2,1H3. The van der Waals surface area contributed by atoms with E-state index >= 15 is 0 Å². The monoisotopic (exact) mass is 381 g/mol. The van der Waals surface area contributed by atoms with Crippen molar-refractivity contribution < 1.29 is 14.1 Å². The molecule has 1 saturated heterocycles. The Bertz CT molecular complexity index is 877. The summed E-state index contributed by atoms with van der Waals surface area (Å²) in [7, 11) is 0. The molecule has 6 heteroatoms. The molecule has 1 aromatic heterocycles. The van der Waals surface area contributed by atoms with Gasteiger partial charge in [-0.25, -0.2) is 0 Å². The average Bonchev–Trinajstić information content (AvgIpc) is 3.18. The number of hydrogen-bond donors (Lipinski definition) is 0. The summed E-state index contributed by atoms with van der Waals surface area (Å²) in [4.78, 5) is 17.6. The molecule has 1 amide bonds. The Kier molecular flexibility index (Phi) is 4.59. The molecule has 1 aliphatic carbocycles. The second-order valence-corrected chi connectivity index (χ2v) is 8.25. The molecule has 2 aromatic rings. The number of aryl methyl sites for hydroxylation is 1. The zero-order valence-electron chi connectivity index (χ0n) is 16.4. The Morgan fingerprint density at radius 3 is 2.68 bits per heavy atom. The lowest BCUT2D eigenvalue weighted by molar-refractivity contribution is 0.0513. The molecule has 1 saturated carbocycles. The van der Waals surface area contributed by atoms with Gasteiger partial charge in [0.2, 0.25) is 0 Å². The second-order valence-electron chi connectivity index (χ2n) is 8.25. The van der Waals surface area contributed by atoms with Crippen LogP contribution in [0, 0.1) is 6.92 Å². The van der Waals surface area contributed by atoms with Crippen LogP contribution in [0.15, 0.2) is 22.7 Å². The van der Waals surface area contributed by atoms with E-state index < -0.39 is 0 Å². The summed E-state index contributed by atoms with van der Waals surface area (Å²) in [6.07, 6.45) is 6.67. The molecule has 148 valence electrons. The third-order valence-electron chi connectivity index (χ3n) is 6.43. The largest absolute Gasteiger partial charge is 0.488 e. The molecule has 3 heterocycles. The third kappa shape index (κ3) is 3.09. The van der Waals surface area contributed by atoms with Crippen molar-refractivity contribution in [1.29, 1.82) is 0 Å². The van der Waals surface area contributed by atoms with E-state index in [1.54, 1.807) is 0 Å². The Morgan fingerprint density at radius 2 is 1.89 bits per heavy atom. The molecule has 28 heavy (non-hydrogen) atoms. The summed E-state index contributed by atoms with van der Waals surface area (Å²) >= 11 is 0. The number of piperazine rings is 1. The second kappa shape index (κ2) is 7.24. The number of carbonyl (C=O) groups excluding carboxylic acids is 1. The van der Waals surface area contributed by atoms with Gasteiger partial charge in [-0.05, 0) is 31.9 Å². The molecule has 5 rings (SSSR count). The van der Waals surface area contributed by atoms with Crippen LogP contribution in [0.2, 0.25) is 0 Å². The van der Waals surface area contributed by atoms with Crippen molar-refractivity contribution in [3.05, 3.63) is 35.0 Å². The van der Waals surface area contributed by atoms with Crippen LogP contribution in [0.25, 0.3) is 11.3 Å². The maximum absolute atomic E-state index is 13.1. The van der Waals surface area contributed by atoms with Gasteiger partial charge >= 0.3 is 0 Å². The van der Waals surface area contributed by atoms with E-state index in [0.29, 0.717) is 24.1 Å². The first-order chi connectivity index (χ1) is 13.7. The lowest BCUT2D eigenvalue weighted by Gasteiger charge is -2.40. The van der Waals surface area contributed by atoms with Crippen LogP contribution >= 0.6 is 0 Å². The normalized spacial score (nSPS) is 20.4. The smallest absolute Gasteiger partial charge is 0.276 e. The van der Waals surface area contributed by atoms with Crippen molar-refractivity contribution in [2.75, 3.05) is 26.2 Å². The van der Waals surface area contributed by atoms with Gasteiger partial charge in [-0.3, -0.25) is 9.69 Å². The third-order valence-corrected chi connectivity index (χ3v) is 6.43. The number of rotatable bonds is 2. The fourth-order valence-corrected chi connectivity index (χ4v) is 4.81. The summed E-state index contributed by atoms with van der Waals surface area (Å²) in [5.74, 6) is 1.43. The molecule has 0 radical (unpaired) electrons. The number of carbonyl (C=O) groups is 1. The van der Waals surface area contributed by atoms with Gasteiger partial charge < -0.3 is 14.2 Å². The molecule has 2 aliphatic heterocycles. The first-order valence-corrected chi connectivity index (χ1v) is 10.5. The zero-order valence-corrected chi connectivity index (χ0v) is 16.4. The molecule has 0 spiro atoms. The van der Waals surface area contributed by atoms with Crippen LogP contribution in [0.5, 0.6) is 5.75 Å². The minimum absolute atomic E-state index is 0.0343. The molecule has 0 N–H and O–H groups in total. The first kappa shape index (κ1) is 17.7. The van der Waals surface area contributed by atoms with Crippen LogP contribution in [-0.4, -0.2) is 53.1 Å². The Labute approximate surface area is 165 Å².